The summed E-state index contributed by atoms with van der Waals surface area (Å²) in [6.45, 7) is 0.118. The zero-order chi connectivity index (χ0) is 27.0. The van der Waals surface area contributed by atoms with Crippen molar-refractivity contribution in [2.75, 3.05) is 23.5 Å². The smallest absolute Gasteiger partial charge is 0.269 e. The van der Waals surface area contributed by atoms with E-state index in [2.05, 4.69) is 15.9 Å². The quantitative estimate of drug-likeness (QED) is 0.263. The van der Waals surface area contributed by atoms with Crippen LogP contribution >= 0.6 is 15.9 Å². The third-order valence-electron chi connectivity index (χ3n) is 6.58. The van der Waals surface area contributed by atoms with Crippen LogP contribution in [0.2, 0.25) is 0 Å². The van der Waals surface area contributed by atoms with E-state index in [1.807, 2.05) is 30.3 Å². The molecule has 1 aliphatic rings. The maximum absolute atomic E-state index is 13.7. The number of ether oxygens (including phenoxy) is 1. The van der Waals surface area contributed by atoms with Crippen molar-refractivity contribution in [3.63, 3.8) is 0 Å². The third kappa shape index (κ3) is 4.59. The highest BCUT2D eigenvalue weighted by molar-refractivity contribution is 9.10. The fraction of sp³-hybridized carbons (Fsp3) is 0.143. The van der Waals surface area contributed by atoms with Crippen LogP contribution in [0.3, 0.4) is 0 Å². The number of anilines is 2. The lowest BCUT2D eigenvalue weighted by atomic mass is 10.0. The highest BCUT2D eigenvalue weighted by atomic mass is 79.9. The number of nitro groups is 1. The van der Waals surface area contributed by atoms with Crippen LogP contribution in [0.25, 0.3) is 10.8 Å². The maximum Gasteiger partial charge on any atom is 0.269 e. The summed E-state index contributed by atoms with van der Waals surface area (Å²) in [5.74, 6) is -0.126. The summed E-state index contributed by atoms with van der Waals surface area (Å²) in [5, 5.41) is 12.9. The van der Waals surface area contributed by atoms with Crippen molar-refractivity contribution in [1.29, 1.82) is 0 Å². The molecular weight excluding hydrogens is 552 g/mol. The lowest BCUT2D eigenvalue weighted by Crippen LogP contribution is -2.48. The Bertz CT molecular complexity index is 1570. The summed E-state index contributed by atoms with van der Waals surface area (Å²) in [4.78, 5) is 40.8. The van der Waals surface area contributed by atoms with Crippen molar-refractivity contribution in [2.24, 2.45) is 5.73 Å². The summed E-state index contributed by atoms with van der Waals surface area (Å²) < 4.78 is 6.59. The fourth-order valence-electron chi connectivity index (χ4n) is 4.71. The molecule has 5 rings (SSSR count). The number of methoxy groups -OCH3 is 1. The lowest BCUT2D eigenvalue weighted by molar-refractivity contribution is -0.384. The predicted molar refractivity (Wildman–Crippen MR) is 149 cm³/mol. The number of carbonyl (C=O) groups is 2. The van der Waals surface area contributed by atoms with Gasteiger partial charge in [-0.25, -0.2) is 0 Å². The molecule has 2 N–H and O–H groups in total. The van der Waals surface area contributed by atoms with Crippen molar-refractivity contribution >= 4 is 55.6 Å². The van der Waals surface area contributed by atoms with E-state index in [4.69, 9.17) is 10.5 Å². The largest absolute Gasteiger partial charge is 0.496 e. The molecule has 4 aromatic carbocycles. The number of amides is 2. The number of halogens is 1. The molecule has 0 bridgehead atoms. The second kappa shape index (κ2) is 10.2. The molecule has 2 amide bonds. The number of para-hydroxylation sites is 2. The number of nitrogens with two attached hydrogens (primary N) is 1. The first kappa shape index (κ1) is 25.4. The summed E-state index contributed by atoms with van der Waals surface area (Å²) in [6, 6.07) is 21.2. The van der Waals surface area contributed by atoms with Crippen LogP contribution in [-0.4, -0.2) is 36.4 Å². The van der Waals surface area contributed by atoms with Crippen LogP contribution in [0.5, 0.6) is 5.75 Å². The molecule has 0 saturated carbocycles. The van der Waals surface area contributed by atoms with Gasteiger partial charge in [0, 0.05) is 27.7 Å². The van der Waals surface area contributed by atoms with E-state index in [-0.39, 0.29) is 30.2 Å². The van der Waals surface area contributed by atoms with Gasteiger partial charge < -0.3 is 20.3 Å². The summed E-state index contributed by atoms with van der Waals surface area (Å²) in [6.07, 6.45) is 0. The third-order valence-corrected chi connectivity index (χ3v) is 7.08. The van der Waals surface area contributed by atoms with Crippen molar-refractivity contribution in [2.45, 2.75) is 12.6 Å². The van der Waals surface area contributed by atoms with Gasteiger partial charge in [0.05, 0.1) is 36.5 Å². The molecular formula is C28H23BrN4O5. The first-order valence-electron chi connectivity index (χ1n) is 11.8. The molecule has 1 heterocycles. The van der Waals surface area contributed by atoms with Crippen LogP contribution < -0.4 is 20.3 Å². The summed E-state index contributed by atoms with van der Waals surface area (Å²) in [5.41, 5.74) is 8.34. The van der Waals surface area contributed by atoms with Gasteiger partial charge in [-0.15, -0.1) is 0 Å². The number of carbonyl (C=O) groups excluding carboxylic acids is 2. The fourth-order valence-corrected chi connectivity index (χ4v) is 5.09. The van der Waals surface area contributed by atoms with Crippen LogP contribution in [0.1, 0.15) is 15.9 Å². The SMILES string of the molecule is COc1ccc2cc(Br)ccc2c1CN1C(=O)[C@@H](N)CN(C(=O)c2ccc([N+](=O)[O-])cc2)c2ccccc21. The topological polar surface area (TPSA) is 119 Å². The van der Waals surface area contributed by atoms with E-state index in [9.17, 15) is 19.7 Å². The number of rotatable bonds is 5. The average Bonchev–Trinajstić information content (AvgIpc) is 3.03. The van der Waals surface area contributed by atoms with Gasteiger partial charge in [0.1, 0.15) is 11.8 Å². The van der Waals surface area contributed by atoms with E-state index in [1.54, 1.807) is 36.3 Å². The minimum absolute atomic E-state index is 0.0538. The normalized spacial score (nSPS) is 15.2. The Labute approximate surface area is 226 Å². The van der Waals surface area contributed by atoms with Crippen LogP contribution in [0, 0.1) is 10.1 Å². The van der Waals surface area contributed by atoms with E-state index in [0.717, 1.165) is 20.8 Å². The van der Waals surface area contributed by atoms with Crippen molar-refractivity contribution in [3.8, 4) is 5.75 Å². The molecule has 38 heavy (non-hydrogen) atoms. The molecule has 0 aliphatic carbocycles. The molecule has 192 valence electrons. The van der Waals surface area contributed by atoms with Crippen molar-refractivity contribution in [3.05, 3.63) is 105 Å². The van der Waals surface area contributed by atoms with Crippen molar-refractivity contribution < 1.29 is 19.2 Å². The Kier molecular flexibility index (Phi) is 6.83. The molecule has 0 radical (unpaired) electrons. The second-order valence-electron chi connectivity index (χ2n) is 8.85. The predicted octanol–water partition coefficient (Wildman–Crippen LogP) is 5.04. The highest BCUT2D eigenvalue weighted by Gasteiger charge is 2.35. The molecule has 0 saturated heterocycles. The molecule has 0 spiro atoms. The maximum atomic E-state index is 13.7. The Morgan fingerprint density at radius 2 is 1.79 bits per heavy atom. The van der Waals surface area contributed by atoms with E-state index in [1.165, 1.54) is 29.2 Å². The Morgan fingerprint density at radius 1 is 1.08 bits per heavy atom. The van der Waals surface area contributed by atoms with Gasteiger partial charge in [0.2, 0.25) is 5.91 Å². The van der Waals surface area contributed by atoms with E-state index in [0.29, 0.717) is 17.1 Å². The monoisotopic (exact) mass is 574 g/mol. The summed E-state index contributed by atoms with van der Waals surface area (Å²) >= 11 is 3.51. The number of benzene rings is 4. The molecule has 9 nitrogen and oxygen atoms in total. The number of non-ortho nitro benzene ring substituents is 1. The van der Waals surface area contributed by atoms with Crippen LogP contribution in [0.15, 0.2) is 83.3 Å². The van der Waals surface area contributed by atoms with E-state index >= 15 is 0 Å². The summed E-state index contributed by atoms with van der Waals surface area (Å²) in [7, 11) is 1.58. The van der Waals surface area contributed by atoms with Gasteiger partial charge in [-0.3, -0.25) is 19.7 Å². The molecule has 1 atom stereocenters. The first-order valence-corrected chi connectivity index (χ1v) is 12.5. The van der Waals surface area contributed by atoms with Crippen molar-refractivity contribution in [1.82, 2.24) is 0 Å². The number of hydrogen-bond donors (Lipinski definition) is 1. The molecule has 10 heteroatoms. The number of nitrogens with zero attached hydrogens (tertiary/aromatic N) is 3. The van der Waals surface area contributed by atoms with Gasteiger partial charge in [-0.1, -0.05) is 40.2 Å². The lowest BCUT2D eigenvalue weighted by Gasteiger charge is -2.26. The van der Waals surface area contributed by atoms with Gasteiger partial charge in [-0.2, -0.15) is 0 Å². The Morgan fingerprint density at radius 3 is 2.47 bits per heavy atom. The first-order chi connectivity index (χ1) is 18.3. The highest BCUT2D eigenvalue weighted by Crippen LogP contribution is 2.37. The van der Waals surface area contributed by atoms with Crippen LogP contribution in [-0.2, 0) is 11.3 Å². The van der Waals surface area contributed by atoms with Gasteiger partial charge >= 0.3 is 0 Å². The Balaban J connectivity index is 1.59. The number of hydrogen-bond acceptors (Lipinski definition) is 6. The second-order valence-corrected chi connectivity index (χ2v) is 9.77. The van der Waals surface area contributed by atoms with Gasteiger partial charge in [-0.05, 0) is 53.2 Å². The zero-order valence-corrected chi connectivity index (χ0v) is 21.9. The van der Waals surface area contributed by atoms with E-state index < -0.39 is 16.9 Å². The van der Waals surface area contributed by atoms with Gasteiger partial charge in [0.15, 0.2) is 0 Å². The standard InChI is InChI=1S/C28H23BrN4O5/c1-38-26-13-8-18-14-19(29)9-12-21(18)22(26)15-31-24-4-2-3-5-25(24)32(16-23(30)28(31)35)27(34)17-6-10-20(11-7-17)33(36)37/h2-14,23H,15-16,30H2,1H3/t23-/m0/s1. The zero-order valence-electron chi connectivity index (χ0n) is 20.3. The molecule has 0 aromatic heterocycles. The molecule has 0 fully saturated rings. The minimum atomic E-state index is -1.00. The van der Waals surface area contributed by atoms with Crippen LogP contribution in [0.4, 0.5) is 17.1 Å². The molecule has 1 aliphatic heterocycles. The number of fused-ring (bicyclic) bond motifs is 2. The average molecular weight is 575 g/mol. The molecule has 4 aromatic rings. The number of nitro benzene ring substituents is 1. The molecule has 0 unspecified atom stereocenters. The van der Waals surface area contributed by atoms with Gasteiger partial charge in [0.25, 0.3) is 11.6 Å². The Hall–Kier alpha value is -4.28. The minimum Gasteiger partial charge on any atom is -0.496 e.